The van der Waals surface area contributed by atoms with E-state index in [1.807, 2.05) is 13.0 Å². The normalized spacial score (nSPS) is 13.8. The van der Waals surface area contributed by atoms with Gasteiger partial charge in [0, 0.05) is 29.8 Å². The van der Waals surface area contributed by atoms with E-state index in [0.29, 0.717) is 34.1 Å². The summed E-state index contributed by atoms with van der Waals surface area (Å²) in [5, 5.41) is 21.0. The van der Waals surface area contributed by atoms with Crippen LogP contribution < -0.4 is 10.6 Å². The van der Waals surface area contributed by atoms with Gasteiger partial charge in [-0.2, -0.15) is 9.78 Å². The predicted molar refractivity (Wildman–Crippen MR) is 124 cm³/mol. The van der Waals surface area contributed by atoms with E-state index in [2.05, 4.69) is 15.7 Å². The van der Waals surface area contributed by atoms with Crippen LogP contribution in [-0.4, -0.2) is 33.4 Å². The standard InChI is InChI=1S/C24H25ClN4O3/c1-2-26-24(32)29-21(15-7-3-4-8-15)14-20(28-29)18-12-11-16(13-22(18)30)27-23(31)17-9-5-6-10-19(17)25/h5-6,9-15,30H,2-4,7-8H2,1H3,(H,26,32)(H,27,31). The van der Waals surface area contributed by atoms with Gasteiger partial charge in [-0.25, -0.2) is 4.79 Å². The Kier molecular flexibility index (Phi) is 6.46. The highest BCUT2D eigenvalue weighted by molar-refractivity contribution is 6.34. The molecular formula is C24H25ClN4O3. The zero-order chi connectivity index (χ0) is 22.7. The summed E-state index contributed by atoms with van der Waals surface area (Å²) in [6.07, 6.45) is 4.30. The lowest BCUT2D eigenvalue weighted by molar-refractivity contribution is 0.102. The molecule has 0 aliphatic heterocycles. The van der Waals surface area contributed by atoms with Crippen molar-refractivity contribution in [2.45, 2.75) is 38.5 Å². The highest BCUT2D eigenvalue weighted by Crippen LogP contribution is 2.38. The summed E-state index contributed by atoms with van der Waals surface area (Å²) in [5.41, 5.74) is 2.64. The number of phenols is 1. The average molecular weight is 453 g/mol. The predicted octanol–water partition coefficient (Wildman–Crippen LogP) is 5.40. The van der Waals surface area contributed by atoms with E-state index in [1.165, 1.54) is 10.7 Å². The molecule has 3 N–H and O–H groups in total. The molecule has 1 aromatic heterocycles. The van der Waals surface area contributed by atoms with Gasteiger partial charge in [0.2, 0.25) is 0 Å². The van der Waals surface area contributed by atoms with Crippen LogP contribution in [0.4, 0.5) is 10.5 Å². The number of rotatable bonds is 5. The Labute approximate surface area is 191 Å². The average Bonchev–Trinajstić information content (AvgIpc) is 3.44. The van der Waals surface area contributed by atoms with Gasteiger partial charge in [-0.1, -0.05) is 36.6 Å². The van der Waals surface area contributed by atoms with Crippen molar-refractivity contribution in [1.82, 2.24) is 15.1 Å². The number of hydrogen-bond acceptors (Lipinski definition) is 4. The number of hydrogen-bond donors (Lipinski definition) is 3. The number of carbonyl (C=O) groups excluding carboxylic acids is 2. The van der Waals surface area contributed by atoms with E-state index in [1.54, 1.807) is 36.4 Å². The van der Waals surface area contributed by atoms with Gasteiger partial charge < -0.3 is 15.7 Å². The molecule has 0 radical (unpaired) electrons. The summed E-state index contributed by atoms with van der Waals surface area (Å²) in [6, 6.07) is 13.2. The maximum absolute atomic E-state index is 12.6. The molecule has 32 heavy (non-hydrogen) atoms. The topological polar surface area (TPSA) is 96.3 Å². The summed E-state index contributed by atoms with van der Waals surface area (Å²) in [6.45, 7) is 2.36. The Morgan fingerprint density at radius 2 is 1.91 bits per heavy atom. The molecule has 0 spiro atoms. The van der Waals surface area contributed by atoms with Crippen LogP contribution >= 0.6 is 11.6 Å². The first-order chi connectivity index (χ1) is 15.5. The first kappa shape index (κ1) is 21.9. The molecule has 1 heterocycles. The molecule has 7 nitrogen and oxygen atoms in total. The number of halogens is 1. The fourth-order valence-electron chi connectivity index (χ4n) is 4.10. The third-order valence-corrected chi connectivity index (χ3v) is 6.01. The van der Waals surface area contributed by atoms with Crippen LogP contribution in [0.3, 0.4) is 0 Å². The number of anilines is 1. The van der Waals surface area contributed by atoms with Gasteiger partial charge in [-0.05, 0) is 50.1 Å². The molecule has 0 bridgehead atoms. The Hall–Kier alpha value is -3.32. The SMILES string of the molecule is CCNC(=O)n1nc(-c2ccc(NC(=O)c3ccccc3Cl)cc2O)cc1C1CCCC1. The molecule has 1 aliphatic rings. The van der Waals surface area contributed by atoms with Crippen molar-refractivity contribution >= 4 is 29.2 Å². The molecule has 1 saturated carbocycles. The van der Waals surface area contributed by atoms with E-state index in [0.717, 1.165) is 31.4 Å². The van der Waals surface area contributed by atoms with Crippen molar-refractivity contribution < 1.29 is 14.7 Å². The number of aromatic nitrogens is 2. The minimum atomic E-state index is -0.369. The minimum absolute atomic E-state index is 0.0412. The van der Waals surface area contributed by atoms with E-state index < -0.39 is 0 Å². The summed E-state index contributed by atoms with van der Waals surface area (Å²) in [4.78, 5) is 25.1. The fourth-order valence-corrected chi connectivity index (χ4v) is 4.32. The Bertz CT molecular complexity index is 1150. The maximum Gasteiger partial charge on any atom is 0.342 e. The van der Waals surface area contributed by atoms with Gasteiger partial charge in [0.25, 0.3) is 5.91 Å². The van der Waals surface area contributed by atoms with Crippen LogP contribution in [-0.2, 0) is 0 Å². The lowest BCUT2D eigenvalue weighted by atomic mass is 10.0. The van der Waals surface area contributed by atoms with Crippen molar-refractivity contribution in [2.75, 3.05) is 11.9 Å². The molecule has 0 unspecified atom stereocenters. The number of benzene rings is 2. The van der Waals surface area contributed by atoms with Crippen LogP contribution in [0.5, 0.6) is 5.75 Å². The fraction of sp³-hybridized carbons (Fsp3) is 0.292. The smallest absolute Gasteiger partial charge is 0.342 e. The van der Waals surface area contributed by atoms with Crippen molar-refractivity contribution in [1.29, 1.82) is 0 Å². The number of aromatic hydroxyl groups is 1. The van der Waals surface area contributed by atoms with Crippen LogP contribution in [0.15, 0.2) is 48.5 Å². The van der Waals surface area contributed by atoms with E-state index in [4.69, 9.17) is 11.6 Å². The summed E-state index contributed by atoms with van der Waals surface area (Å²) < 4.78 is 1.42. The molecule has 1 fully saturated rings. The summed E-state index contributed by atoms with van der Waals surface area (Å²) in [5.74, 6) is -0.137. The van der Waals surface area contributed by atoms with E-state index in [9.17, 15) is 14.7 Å². The lowest BCUT2D eigenvalue weighted by Crippen LogP contribution is -2.30. The molecule has 0 saturated heterocycles. The number of nitrogens with zero attached hydrogens (tertiary/aromatic N) is 2. The van der Waals surface area contributed by atoms with Gasteiger partial charge in [0.1, 0.15) is 5.75 Å². The Morgan fingerprint density at radius 1 is 1.16 bits per heavy atom. The first-order valence-electron chi connectivity index (χ1n) is 10.8. The second-order valence-corrected chi connectivity index (χ2v) is 8.26. The zero-order valence-corrected chi connectivity index (χ0v) is 18.5. The Morgan fingerprint density at radius 3 is 2.59 bits per heavy atom. The monoisotopic (exact) mass is 452 g/mol. The molecule has 2 amide bonds. The number of nitrogens with one attached hydrogen (secondary N) is 2. The van der Waals surface area contributed by atoms with Crippen molar-refractivity contribution in [2.24, 2.45) is 0 Å². The summed E-state index contributed by atoms with van der Waals surface area (Å²) >= 11 is 6.09. The quantitative estimate of drug-likeness (QED) is 0.483. The van der Waals surface area contributed by atoms with Gasteiger partial charge in [-0.3, -0.25) is 4.79 Å². The third kappa shape index (κ3) is 4.48. The second-order valence-electron chi connectivity index (χ2n) is 7.85. The third-order valence-electron chi connectivity index (χ3n) is 5.68. The van der Waals surface area contributed by atoms with E-state index >= 15 is 0 Å². The highest BCUT2D eigenvalue weighted by Gasteiger charge is 2.26. The number of carbonyl (C=O) groups is 2. The lowest BCUT2D eigenvalue weighted by Gasteiger charge is -2.11. The van der Waals surface area contributed by atoms with Gasteiger partial charge in [0.05, 0.1) is 22.0 Å². The van der Waals surface area contributed by atoms with Crippen LogP contribution in [0.1, 0.15) is 54.6 Å². The molecule has 4 rings (SSSR count). The molecule has 1 aliphatic carbocycles. The van der Waals surface area contributed by atoms with Gasteiger partial charge in [0.15, 0.2) is 0 Å². The largest absolute Gasteiger partial charge is 0.507 e. The molecular weight excluding hydrogens is 428 g/mol. The van der Waals surface area contributed by atoms with E-state index in [-0.39, 0.29) is 23.6 Å². The van der Waals surface area contributed by atoms with Crippen molar-refractivity contribution in [3.63, 3.8) is 0 Å². The summed E-state index contributed by atoms with van der Waals surface area (Å²) in [7, 11) is 0. The molecule has 0 atom stereocenters. The Balaban J connectivity index is 1.61. The first-order valence-corrected chi connectivity index (χ1v) is 11.1. The highest BCUT2D eigenvalue weighted by atomic mass is 35.5. The van der Waals surface area contributed by atoms with Gasteiger partial charge in [-0.15, -0.1) is 0 Å². The molecule has 166 valence electrons. The van der Waals surface area contributed by atoms with Gasteiger partial charge >= 0.3 is 6.03 Å². The van der Waals surface area contributed by atoms with Crippen molar-refractivity contribution in [3.05, 3.63) is 64.8 Å². The number of amides is 2. The van der Waals surface area contributed by atoms with Crippen LogP contribution in [0, 0.1) is 0 Å². The van der Waals surface area contributed by atoms with Crippen molar-refractivity contribution in [3.8, 4) is 17.0 Å². The molecule has 3 aromatic rings. The van der Waals surface area contributed by atoms with Crippen LogP contribution in [0.25, 0.3) is 11.3 Å². The maximum atomic E-state index is 12.6. The minimum Gasteiger partial charge on any atom is -0.507 e. The second kappa shape index (κ2) is 9.44. The molecule has 2 aromatic carbocycles. The zero-order valence-electron chi connectivity index (χ0n) is 17.8. The number of phenolic OH excluding ortho intramolecular Hbond substituents is 1. The van der Waals surface area contributed by atoms with Crippen LogP contribution in [0.2, 0.25) is 5.02 Å². The molecule has 8 heteroatoms.